The second-order valence-electron chi connectivity index (χ2n) is 14.2. The molecule has 10 nitrogen and oxygen atoms in total. The number of cyclic esters (lactones) is 1. The predicted molar refractivity (Wildman–Crippen MR) is 170 cm³/mol. The van der Waals surface area contributed by atoms with E-state index in [0.29, 0.717) is 18.7 Å². The molecule has 46 heavy (non-hydrogen) atoms. The first-order chi connectivity index (χ1) is 21.7. The van der Waals surface area contributed by atoms with Crippen molar-refractivity contribution in [3.05, 3.63) is 59.4 Å². The number of methoxy groups -OCH3 is 1. The number of oxazole rings is 1. The van der Waals surface area contributed by atoms with E-state index in [1.807, 2.05) is 71.1 Å². The number of epoxide rings is 2. The zero-order valence-corrected chi connectivity index (χ0v) is 28.2. The largest absolute Gasteiger partial charge is 0.462 e. The molecule has 1 aromatic rings. The number of esters is 2. The fourth-order valence-corrected chi connectivity index (χ4v) is 6.96. The lowest BCUT2D eigenvalue weighted by molar-refractivity contribution is -0.164. The summed E-state index contributed by atoms with van der Waals surface area (Å²) in [4.78, 5) is 30.4. The average molecular weight is 640 g/mol. The van der Waals surface area contributed by atoms with Gasteiger partial charge in [-0.3, -0.25) is 4.79 Å². The monoisotopic (exact) mass is 639 g/mol. The molecule has 0 aromatic carbocycles. The normalized spacial score (nSPS) is 39.1. The third-order valence-corrected chi connectivity index (χ3v) is 10.0. The first kappa shape index (κ1) is 34.3. The molecule has 1 N–H and O–H groups in total. The van der Waals surface area contributed by atoms with E-state index in [2.05, 4.69) is 11.9 Å². The van der Waals surface area contributed by atoms with E-state index in [4.69, 9.17) is 28.1 Å². The highest BCUT2D eigenvalue weighted by Crippen LogP contribution is 2.47. The molecule has 1 unspecified atom stereocenters. The van der Waals surface area contributed by atoms with E-state index in [-0.39, 0.29) is 54.4 Å². The van der Waals surface area contributed by atoms with Gasteiger partial charge in [-0.2, -0.15) is 0 Å². The molecule has 5 heterocycles. The number of ether oxygens (including phenoxy) is 5. The third kappa shape index (κ3) is 7.90. The maximum atomic E-state index is 13.5. The molecular formula is C36H49NO9. The Bertz CT molecular complexity index is 1410. The Labute approximate surface area is 271 Å². The first-order valence-corrected chi connectivity index (χ1v) is 16.3. The molecule has 252 valence electrons. The fourth-order valence-electron chi connectivity index (χ4n) is 6.96. The third-order valence-electron chi connectivity index (χ3n) is 10.0. The number of carbonyl (C=O) groups is 2. The van der Waals surface area contributed by atoms with Gasteiger partial charge in [0.25, 0.3) is 0 Å². The lowest BCUT2D eigenvalue weighted by Crippen LogP contribution is -2.42. The van der Waals surface area contributed by atoms with Crippen molar-refractivity contribution in [2.75, 3.05) is 7.11 Å². The lowest BCUT2D eigenvalue weighted by Gasteiger charge is -2.39. The lowest BCUT2D eigenvalue weighted by atomic mass is 9.73. The number of aliphatic hydroxyl groups excluding tert-OH is 1. The Hall–Kier alpha value is -3.05. The van der Waals surface area contributed by atoms with Crippen LogP contribution in [0.2, 0.25) is 0 Å². The summed E-state index contributed by atoms with van der Waals surface area (Å²) in [6.07, 6.45) is 11.4. The van der Waals surface area contributed by atoms with Gasteiger partial charge in [-0.1, -0.05) is 51.2 Å². The summed E-state index contributed by atoms with van der Waals surface area (Å²) >= 11 is 0. The number of aromatic nitrogens is 1. The molecule has 5 rings (SSSR count). The summed E-state index contributed by atoms with van der Waals surface area (Å²) < 4.78 is 34.9. The molecule has 10 heteroatoms. The Balaban J connectivity index is 1.34. The number of hydrogen-bond acceptors (Lipinski definition) is 10. The highest BCUT2D eigenvalue weighted by atomic mass is 16.6. The van der Waals surface area contributed by atoms with Crippen molar-refractivity contribution >= 4 is 18.0 Å². The summed E-state index contributed by atoms with van der Waals surface area (Å²) in [7, 11) is 1.63. The van der Waals surface area contributed by atoms with Crippen molar-refractivity contribution < 1.29 is 42.8 Å². The molecule has 2 bridgehead atoms. The smallest absolute Gasteiger partial charge is 0.338 e. The predicted octanol–water partition coefficient (Wildman–Crippen LogP) is 5.44. The molecule has 1 aromatic heterocycles. The molecule has 0 radical (unpaired) electrons. The van der Waals surface area contributed by atoms with Gasteiger partial charge in [0.05, 0.1) is 24.7 Å². The van der Waals surface area contributed by atoms with Gasteiger partial charge < -0.3 is 33.2 Å². The summed E-state index contributed by atoms with van der Waals surface area (Å²) in [6.45, 7) is 13.7. The van der Waals surface area contributed by atoms with Gasteiger partial charge in [0.1, 0.15) is 35.9 Å². The average Bonchev–Trinajstić information content (AvgIpc) is 3.85. The van der Waals surface area contributed by atoms with Crippen LogP contribution >= 0.6 is 0 Å². The molecule has 3 saturated heterocycles. The zero-order valence-electron chi connectivity index (χ0n) is 28.2. The Kier molecular flexibility index (Phi) is 10.1. The number of hydrogen-bond donors (Lipinski definition) is 1. The van der Waals surface area contributed by atoms with Gasteiger partial charge in [-0.25, -0.2) is 9.78 Å². The van der Waals surface area contributed by atoms with Crippen LogP contribution in [0.3, 0.4) is 0 Å². The van der Waals surface area contributed by atoms with Gasteiger partial charge in [-0.05, 0) is 56.3 Å². The molecule has 11 atom stereocenters. The molecular weight excluding hydrogens is 590 g/mol. The Morgan fingerprint density at radius 1 is 1.15 bits per heavy atom. The molecule has 0 saturated carbocycles. The van der Waals surface area contributed by atoms with Gasteiger partial charge >= 0.3 is 11.9 Å². The van der Waals surface area contributed by atoms with E-state index in [0.717, 1.165) is 16.8 Å². The number of allylic oxidation sites excluding steroid dienone is 4. The van der Waals surface area contributed by atoms with Gasteiger partial charge in [0, 0.05) is 32.3 Å². The number of aliphatic hydroxyl groups is 1. The maximum absolute atomic E-state index is 13.5. The maximum Gasteiger partial charge on any atom is 0.338 e. The summed E-state index contributed by atoms with van der Waals surface area (Å²) in [5.74, 6) is -0.431. The molecule has 0 amide bonds. The van der Waals surface area contributed by atoms with Crippen LogP contribution < -0.4 is 0 Å². The van der Waals surface area contributed by atoms with E-state index in [9.17, 15) is 14.7 Å². The summed E-state index contributed by atoms with van der Waals surface area (Å²) in [5.41, 5.74) is 1.50. The van der Waals surface area contributed by atoms with Crippen LogP contribution in [0.4, 0.5) is 0 Å². The molecule has 0 aliphatic carbocycles. The number of fused-ring (bicyclic) bond motifs is 4. The van der Waals surface area contributed by atoms with E-state index >= 15 is 0 Å². The summed E-state index contributed by atoms with van der Waals surface area (Å²) in [5, 5.41) is 11.4. The Morgan fingerprint density at radius 3 is 2.59 bits per heavy atom. The van der Waals surface area contributed by atoms with Crippen molar-refractivity contribution in [2.45, 2.75) is 122 Å². The highest BCUT2D eigenvalue weighted by Gasteiger charge is 2.58. The number of rotatable bonds is 7. The van der Waals surface area contributed by atoms with Crippen LogP contribution in [0.25, 0.3) is 6.08 Å². The van der Waals surface area contributed by atoms with E-state index < -0.39 is 36.0 Å². The van der Waals surface area contributed by atoms with Crippen LogP contribution in [0.1, 0.15) is 78.8 Å². The molecule has 4 aliphatic rings. The number of nitrogens with zero attached hydrogens (tertiary/aromatic N) is 1. The van der Waals surface area contributed by atoms with Crippen molar-refractivity contribution in [1.29, 1.82) is 0 Å². The minimum atomic E-state index is -0.910. The van der Waals surface area contributed by atoms with Crippen molar-refractivity contribution in [2.24, 2.45) is 17.3 Å². The fraction of sp³-hybridized carbons (Fsp3) is 0.639. The van der Waals surface area contributed by atoms with Gasteiger partial charge in [0.2, 0.25) is 0 Å². The van der Waals surface area contributed by atoms with Crippen LogP contribution in [0.15, 0.2) is 52.2 Å². The standard InChI is InChI=1S/C36H49NO9/c1-20(14-25-19-42-24(5)37-25)10-9-11-22(3)32(41-8)23(4)26-15-29(38)36(7)30(46-36)13-12-21(2)27-16-35(6,18-31(39)43-27)17-28-33(44-28)34(40)45-26/h9-14,19,21,23,26-30,32-33,38H,15-18H2,1-8H3/b10-9+,13-12+,20-14+,22-11+/t21-,23+,26+,27-,28-,29+,30-,32+,33?,35+,36+/m1/s1. The van der Waals surface area contributed by atoms with Crippen molar-refractivity contribution in [3.8, 4) is 0 Å². The van der Waals surface area contributed by atoms with Crippen LogP contribution in [0, 0.1) is 24.2 Å². The molecule has 0 spiro atoms. The second kappa shape index (κ2) is 13.6. The minimum Gasteiger partial charge on any atom is -0.462 e. The molecule has 3 fully saturated rings. The summed E-state index contributed by atoms with van der Waals surface area (Å²) in [6, 6.07) is 0. The topological polar surface area (TPSA) is 133 Å². The number of aryl methyl sites for hydroxylation is 1. The van der Waals surface area contributed by atoms with Gasteiger partial charge in [-0.15, -0.1) is 0 Å². The van der Waals surface area contributed by atoms with Gasteiger partial charge in [0.15, 0.2) is 12.0 Å². The van der Waals surface area contributed by atoms with Crippen molar-refractivity contribution in [1.82, 2.24) is 4.98 Å². The minimum absolute atomic E-state index is 0.0344. The van der Waals surface area contributed by atoms with Crippen LogP contribution in [-0.2, 0) is 33.3 Å². The first-order valence-electron chi connectivity index (χ1n) is 16.3. The molecule has 4 aliphatic heterocycles. The van der Waals surface area contributed by atoms with E-state index in [1.54, 1.807) is 20.3 Å². The number of carbonyl (C=O) groups excluding carboxylic acids is 2. The quantitative estimate of drug-likeness (QED) is 0.178. The second-order valence-corrected chi connectivity index (χ2v) is 14.2. The van der Waals surface area contributed by atoms with Crippen molar-refractivity contribution in [3.63, 3.8) is 0 Å². The van der Waals surface area contributed by atoms with E-state index in [1.165, 1.54) is 0 Å². The Morgan fingerprint density at radius 2 is 1.89 bits per heavy atom. The SMILES string of the molecule is CO[C@@H](/C(C)=C/C=C/C(C)=C/c1coc(C)n1)[C@@H](C)[C@@H]1C[C@H](O)[C@]2(C)O[C@@H]2/C=C/[C@@H](C)[C@H]2C[C@](C)(CC(=O)O2)C[C@H]2OC2C(=O)O1. The zero-order chi connectivity index (χ0) is 33.4. The van der Waals surface area contributed by atoms with Crippen LogP contribution in [0.5, 0.6) is 0 Å². The highest BCUT2D eigenvalue weighted by molar-refractivity contribution is 5.78. The van der Waals surface area contributed by atoms with Crippen LogP contribution in [-0.4, -0.2) is 77.5 Å².